The van der Waals surface area contributed by atoms with E-state index in [0.29, 0.717) is 32.7 Å². The van der Waals surface area contributed by atoms with Crippen LogP contribution in [0.4, 0.5) is 20.4 Å². The molecule has 4 N–H and O–H groups in total. The van der Waals surface area contributed by atoms with Gasteiger partial charge in [-0.05, 0) is 78.3 Å². The van der Waals surface area contributed by atoms with Crippen molar-refractivity contribution in [2.45, 2.75) is 26.1 Å². The SMILES string of the molecule is CC(Oc1cc(-c2nccs2)cnc1N)c1c(Cl)ccc(F)c1Cl.CC(Oc1cc(I)cnc1N)c1c(Cl)ccc(F)c1Cl.[Zn+][Br].[c-]1nccs1. The number of nitrogens with two attached hydrogens (primary N) is 2. The van der Waals surface area contributed by atoms with Crippen molar-refractivity contribution >= 4 is 117 Å². The number of aromatic nitrogens is 4. The summed E-state index contributed by atoms with van der Waals surface area (Å²) in [7, 11) is 0. The minimum atomic E-state index is -0.614. The van der Waals surface area contributed by atoms with Crippen LogP contribution in [0, 0.1) is 20.7 Å². The normalized spacial score (nSPS) is 11.5. The number of pyridine rings is 2. The first kappa shape index (κ1) is 43.5. The molecule has 51 heavy (non-hydrogen) atoms. The molecule has 0 radical (unpaired) electrons. The third-order valence-electron chi connectivity index (χ3n) is 6.30. The Morgan fingerprint density at radius 2 is 1.33 bits per heavy atom. The summed E-state index contributed by atoms with van der Waals surface area (Å²) in [5.74, 6) is 0.114. The second kappa shape index (κ2) is 21.7. The summed E-state index contributed by atoms with van der Waals surface area (Å²) in [4.78, 5) is 16.0. The molecule has 264 valence electrons. The number of hydrogen-bond donors (Lipinski definition) is 2. The number of anilines is 2. The fraction of sp³-hybridized carbons (Fsp3) is 0.125. The van der Waals surface area contributed by atoms with E-state index in [9.17, 15) is 8.78 Å². The van der Waals surface area contributed by atoms with Crippen LogP contribution in [0.1, 0.15) is 37.2 Å². The fourth-order valence-electron chi connectivity index (χ4n) is 4.04. The van der Waals surface area contributed by atoms with E-state index in [1.165, 1.54) is 63.3 Å². The van der Waals surface area contributed by atoms with Crippen LogP contribution in [0.15, 0.2) is 71.9 Å². The van der Waals surface area contributed by atoms with Crippen molar-refractivity contribution in [1.82, 2.24) is 19.9 Å². The average Bonchev–Trinajstić information content (AvgIpc) is 3.87. The molecule has 0 fully saturated rings. The molecule has 6 aromatic rings. The fourth-order valence-corrected chi connectivity index (χ4v) is 6.74. The van der Waals surface area contributed by atoms with Gasteiger partial charge in [-0.3, -0.25) is 11.3 Å². The Balaban J connectivity index is 0.000000234. The molecular weight excluding hydrogens is 1020 g/mol. The molecule has 0 aliphatic carbocycles. The Hall–Kier alpha value is -1.95. The topological polar surface area (TPSA) is 122 Å². The summed E-state index contributed by atoms with van der Waals surface area (Å²) in [5.41, 5.74) is 15.8. The first-order chi connectivity index (χ1) is 24.4. The van der Waals surface area contributed by atoms with Gasteiger partial charge in [-0.2, -0.15) is 0 Å². The van der Waals surface area contributed by atoms with E-state index in [4.69, 9.17) is 67.3 Å². The predicted octanol–water partition coefficient (Wildman–Crippen LogP) is 12.0. The first-order valence-corrected chi connectivity index (χ1v) is 25.4. The molecule has 6 rings (SSSR count). The second-order valence-electron chi connectivity index (χ2n) is 9.64. The summed E-state index contributed by atoms with van der Waals surface area (Å²) in [6.45, 7) is 3.42. The standard InChI is InChI=1S/C16H12Cl2FN3OS.C13H10Cl2FIN2O.C3H2NS.BrH.Zn/c1-8(13-10(17)2-3-11(19)14(13)18)23-12-6-9(7-22-15(12)20)16-21-4-5-24-16;1-6(11-8(14)2-3-9(16)12(11)15)20-10-4-7(17)5-19-13(10)18;1-2-5-3-4-1;;/h2-8H,1H3,(H2,20,22);2-6H,1H3,(H2,18,19);1-2H;1H;/q;;-1;;+2/p-1. The zero-order chi connectivity index (χ0) is 37.7. The minimum Gasteiger partial charge on any atom is -0.394 e. The molecule has 2 aromatic carbocycles. The zero-order valence-electron chi connectivity index (χ0n) is 26.4. The van der Waals surface area contributed by atoms with E-state index >= 15 is 0 Å². The molecule has 0 saturated carbocycles. The molecule has 0 aliphatic heterocycles. The van der Waals surface area contributed by atoms with Gasteiger partial charge >= 0.3 is 30.0 Å². The van der Waals surface area contributed by atoms with Crippen LogP contribution < -0.4 is 20.9 Å². The van der Waals surface area contributed by atoms with Gasteiger partial charge < -0.3 is 25.9 Å². The van der Waals surface area contributed by atoms with Crippen molar-refractivity contribution in [2.24, 2.45) is 0 Å². The smallest absolute Gasteiger partial charge is 0.0221 e. The Labute approximate surface area is 351 Å². The van der Waals surface area contributed by atoms with Gasteiger partial charge in [-0.25, -0.2) is 23.7 Å². The van der Waals surface area contributed by atoms with Crippen molar-refractivity contribution in [3.8, 4) is 22.1 Å². The number of nitrogen functional groups attached to an aromatic ring is 2. The van der Waals surface area contributed by atoms with Gasteiger partial charge in [0.2, 0.25) is 0 Å². The van der Waals surface area contributed by atoms with Gasteiger partial charge in [0.05, 0.1) is 10.0 Å². The van der Waals surface area contributed by atoms with Crippen LogP contribution in [0.2, 0.25) is 20.1 Å². The quantitative estimate of drug-likeness (QED) is 0.0702. The number of nitrogens with zero attached hydrogens (tertiary/aromatic N) is 4. The predicted molar refractivity (Wildman–Crippen MR) is 212 cm³/mol. The summed E-state index contributed by atoms with van der Waals surface area (Å²) < 4.78 is 39.6. The van der Waals surface area contributed by atoms with Crippen molar-refractivity contribution in [3.05, 3.63) is 124 Å². The van der Waals surface area contributed by atoms with Gasteiger partial charge in [-0.1, -0.05) is 46.4 Å². The maximum absolute atomic E-state index is 13.7. The third kappa shape index (κ3) is 12.6. The van der Waals surface area contributed by atoms with Gasteiger partial charge in [0, 0.05) is 54.3 Å². The van der Waals surface area contributed by atoms with E-state index in [2.05, 4.69) is 61.7 Å². The Bertz CT molecular complexity index is 1990. The number of benzene rings is 2. The van der Waals surface area contributed by atoms with Crippen LogP contribution in [0.5, 0.6) is 11.5 Å². The third-order valence-corrected chi connectivity index (χ3v) is 9.61. The number of hydrogen-bond acceptors (Lipinski definition) is 10. The van der Waals surface area contributed by atoms with E-state index in [-0.39, 0.29) is 21.7 Å². The molecule has 8 nitrogen and oxygen atoms in total. The number of ether oxygens (including phenoxy) is 2. The second-order valence-corrected chi connectivity index (χ2v) is 14.0. The minimum absolute atomic E-state index is 0.0536. The molecule has 2 atom stereocenters. The van der Waals surface area contributed by atoms with Crippen LogP contribution in [-0.2, 0) is 16.3 Å². The average molecular weight is 1040 g/mol. The van der Waals surface area contributed by atoms with Crippen molar-refractivity contribution in [2.75, 3.05) is 11.5 Å². The van der Waals surface area contributed by atoms with Crippen LogP contribution in [0.25, 0.3) is 10.6 Å². The zero-order valence-corrected chi connectivity index (χ0v) is 37.8. The molecule has 4 heterocycles. The maximum atomic E-state index is 13.7. The number of halogens is 8. The Morgan fingerprint density at radius 3 is 1.78 bits per heavy atom. The van der Waals surface area contributed by atoms with E-state index < -0.39 is 23.8 Å². The van der Waals surface area contributed by atoms with Crippen molar-refractivity contribution < 1.29 is 34.6 Å². The van der Waals surface area contributed by atoms with Gasteiger partial charge in [0.15, 0.2) is 23.1 Å². The molecule has 19 heteroatoms. The van der Waals surface area contributed by atoms with Crippen LogP contribution in [0.3, 0.4) is 0 Å². The molecule has 0 amide bonds. The van der Waals surface area contributed by atoms with Gasteiger partial charge in [0.25, 0.3) is 0 Å². The largest absolute Gasteiger partial charge is 0.394 e. The summed E-state index contributed by atoms with van der Waals surface area (Å²) in [6, 6.07) is 8.77. The Morgan fingerprint density at radius 1 is 0.804 bits per heavy atom. The number of thiazole rings is 2. The Kier molecular flexibility index (Phi) is 18.5. The van der Waals surface area contributed by atoms with Gasteiger partial charge in [-0.15, -0.1) is 22.9 Å². The monoisotopic (exact) mass is 1040 g/mol. The molecule has 2 unspecified atom stereocenters. The van der Waals surface area contributed by atoms with E-state index in [1.807, 2.05) is 10.8 Å². The summed E-state index contributed by atoms with van der Waals surface area (Å²) in [5, 5.41) is 5.06. The van der Waals surface area contributed by atoms with E-state index in [1.54, 1.807) is 50.8 Å². The molecule has 4 aromatic heterocycles. The van der Waals surface area contributed by atoms with Gasteiger partial charge in [0.1, 0.15) is 28.8 Å². The molecule has 0 aliphatic rings. The summed E-state index contributed by atoms with van der Waals surface area (Å²) in [6.07, 6.45) is 5.48. The maximum Gasteiger partial charge on any atom is -0.0221 e. The van der Waals surface area contributed by atoms with Crippen LogP contribution in [-0.4, -0.2) is 19.9 Å². The molecular formula is C32H24BrCl4F2IN6O2S2Zn. The van der Waals surface area contributed by atoms with E-state index in [0.717, 1.165) is 14.1 Å². The first-order valence-electron chi connectivity index (χ1n) is 14.1. The molecule has 0 saturated heterocycles. The van der Waals surface area contributed by atoms with Crippen molar-refractivity contribution in [3.63, 3.8) is 0 Å². The summed E-state index contributed by atoms with van der Waals surface area (Å²) >= 11 is 33.4. The van der Waals surface area contributed by atoms with Crippen LogP contribution >= 0.6 is 105 Å². The molecule has 0 spiro atoms. The van der Waals surface area contributed by atoms with Crippen molar-refractivity contribution in [1.29, 1.82) is 0 Å². The molecule has 0 bridgehead atoms. The number of rotatable bonds is 7.